The predicted octanol–water partition coefficient (Wildman–Crippen LogP) is 0.188. The molecule has 0 saturated carbocycles. The molecule has 2 aromatic rings. The minimum absolute atomic E-state index is 0.0220. The van der Waals surface area contributed by atoms with E-state index in [1.165, 1.54) is 50.2 Å². The second kappa shape index (κ2) is 12.8. The van der Waals surface area contributed by atoms with Crippen LogP contribution in [0.4, 0.5) is 5.13 Å². The molecule has 4 rings (SSSR count). The Morgan fingerprint density at radius 3 is 3.00 bits per heavy atom. The second-order valence-corrected chi connectivity index (χ2v) is 11.9. The first kappa shape index (κ1) is 28.8. The lowest BCUT2D eigenvalue weighted by Gasteiger charge is -2.53. The van der Waals surface area contributed by atoms with E-state index in [4.69, 9.17) is 4.84 Å². The Morgan fingerprint density at radius 2 is 2.28 bits per heavy atom. The third-order valence-corrected chi connectivity index (χ3v) is 9.58. The Morgan fingerprint density at radius 1 is 1.46 bits per heavy atom. The van der Waals surface area contributed by atoms with Crippen LogP contribution in [0, 0.1) is 5.41 Å². The molecule has 0 aromatic carbocycles. The lowest BCUT2D eigenvalue weighted by Crippen LogP contribution is -2.74. The van der Waals surface area contributed by atoms with Crippen LogP contribution in [0.15, 0.2) is 28.3 Å². The molecular weight excluding hydrogens is 591 g/mol. The van der Waals surface area contributed by atoms with E-state index in [2.05, 4.69) is 42.9 Å². The van der Waals surface area contributed by atoms with Crippen molar-refractivity contribution in [3.63, 3.8) is 0 Å². The van der Waals surface area contributed by atoms with Gasteiger partial charge >= 0.3 is 5.97 Å². The van der Waals surface area contributed by atoms with E-state index in [-0.39, 0.29) is 40.5 Å². The Labute approximate surface area is 238 Å². The summed E-state index contributed by atoms with van der Waals surface area (Å²) in [6.45, 7) is 4.01. The number of carbonyl (C=O) groups excluding carboxylic acids is 3. The third kappa shape index (κ3) is 6.20. The Hall–Kier alpha value is -3.16. The molecule has 3 amide bonds. The van der Waals surface area contributed by atoms with Gasteiger partial charge in [0.05, 0.1) is 6.54 Å². The van der Waals surface area contributed by atoms with Crippen LogP contribution in [-0.4, -0.2) is 107 Å². The molecular formula is C20H23N9O6S4. The van der Waals surface area contributed by atoms with Crippen LogP contribution in [0.25, 0.3) is 0 Å². The van der Waals surface area contributed by atoms with Gasteiger partial charge in [0.15, 0.2) is 16.8 Å². The highest BCUT2D eigenvalue weighted by Crippen LogP contribution is 2.44. The maximum Gasteiger partial charge on any atom is 0.313 e. The number of anilines is 1. The summed E-state index contributed by atoms with van der Waals surface area (Å²) < 4.78 is 1.51. The zero-order chi connectivity index (χ0) is 28.0. The van der Waals surface area contributed by atoms with Crippen molar-refractivity contribution in [3.8, 4) is 0 Å². The molecule has 4 heterocycles. The number of aliphatic carboxylic acids is 1. The number of hydrogen-bond donors (Lipinski definition) is 3. The van der Waals surface area contributed by atoms with Crippen molar-refractivity contribution in [1.29, 1.82) is 0 Å². The lowest BCUT2D eigenvalue weighted by atomic mass is 9.89. The number of fused-ring (bicyclic) bond motifs is 1. The fourth-order valence-electron chi connectivity index (χ4n) is 3.70. The highest BCUT2D eigenvalue weighted by atomic mass is 32.2. The van der Waals surface area contributed by atoms with Crippen molar-refractivity contribution >= 4 is 81.7 Å². The standard InChI is InChI=1S/C20H23N9O6S4/c1-3-4-29-19(24-26-27-29)39-8-20(17(33)34)6-28-15(32)13(16(28)38-7-20)23-14(31)12(25-35-10-36-2)11-5-37-18(22-11)21-9-30/h3,5,9,13,16H,1,4,6-8,10H2,2H3,(H,23,31)(H,33,34)(H,21,22,30)/t13?,16-,20?/m1/s1. The van der Waals surface area contributed by atoms with Crippen LogP contribution in [0.1, 0.15) is 5.69 Å². The lowest BCUT2D eigenvalue weighted by molar-refractivity contribution is -0.157. The number of allylic oxidation sites excluding steroid dienone is 1. The average molecular weight is 614 g/mol. The largest absolute Gasteiger partial charge is 0.481 e. The van der Waals surface area contributed by atoms with E-state index >= 15 is 0 Å². The Kier molecular flexibility index (Phi) is 9.46. The summed E-state index contributed by atoms with van der Waals surface area (Å²) >= 11 is 4.92. The third-order valence-electron chi connectivity index (χ3n) is 5.63. The molecule has 3 N–H and O–H groups in total. The van der Waals surface area contributed by atoms with Gasteiger partial charge in [0.2, 0.25) is 17.5 Å². The molecule has 2 aliphatic heterocycles. The van der Waals surface area contributed by atoms with Gasteiger partial charge < -0.3 is 25.5 Å². The van der Waals surface area contributed by atoms with Crippen molar-refractivity contribution in [3.05, 3.63) is 23.7 Å². The first-order valence-corrected chi connectivity index (χ1v) is 15.5. The zero-order valence-electron chi connectivity index (χ0n) is 20.4. The van der Waals surface area contributed by atoms with Crippen LogP contribution in [0.3, 0.4) is 0 Å². The molecule has 208 valence electrons. The summed E-state index contributed by atoms with van der Waals surface area (Å²) in [7, 11) is 0. The maximum atomic E-state index is 13.1. The molecule has 0 spiro atoms. The van der Waals surface area contributed by atoms with Crippen LogP contribution in [0.2, 0.25) is 0 Å². The van der Waals surface area contributed by atoms with Crippen LogP contribution in [0.5, 0.6) is 0 Å². The van der Waals surface area contributed by atoms with E-state index in [0.717, 1.165) is 11.3 Å². The summed E-state index contributed by atoms with van der Waals surface area (Å²) in [6, 6.07) is -0.876. The van der Waals surface area contributed by atoms with Crippen molar-refractivity contribution in [1.82, 2.24) is 35.4 Å². The molecule has 19 heteroatoms. The molecule has 15 nitrogen and oxygen atoms in total. The van der Waals surface area contributed by atoms with Crippen molar-refractivity contribution in [2.75, 3.05) is 35.6 Å². The summed E-state index contributed by atoms with van der Waals surface area (Å²) in [5.74, 6) is -1.58. The Balaban J connectivity index is 1.43. The first-order chi connectivity index (χ1) is 18.8. The number of nitrogens with one attached hydrogen (secondary N) is 2. The minimum Gasteiger partial charge on any atom is -0.481 e. The van der Waals surface area contributed by atoms with Crippen molar-refractivity contribution in [2.24, 2.45) is 10.6 Å². The molecule has 0 radical (unpaired) electrons. The molecule has 2 unspecified atom stereocenters. The van der Waals surface area contributed by atoms with Gasteiger partial charge in [-0.2, -0.15) is 0 Å². The van der Waals surface area contributed by atoms with Gasteiger partial charge in [-0.25, -0.2) is 9.67 Å². The molecule has 39 heavy (non-hydrogen) atoms. The number of thioether (sulfide) groups is 3. The number of carbonyl (C=O) groups is 4. The van der Waals surface area contributed by atoms with Crippen LogP contribution < -0.4 is 10.6 Å². The second-order valence-electron chi connectivity index (χ2n) is 8.20. The van der Waals surface area contributed by atoms with Gasteiger partial charge in [-0.3, -0.25) is 19.2 Å². The predicted molar refractivity (Wildman–Crippen MR) is 147 cm³/mol. The summed E-state index contributed by atoms with van der Waals surface area (Å²) in [5.41, 5.74) is -1.22. The summed E-state index contributed by atoms with van der Waals surface area (Å²) in [6.07, 6.45) is 3.89. The van der Waals surface area contributed by atoms with E-state index < -0.39 is 34.6 Å². The molecule has 2 aliphatic rings. The number of aromatic nitrogens is 5. The van der Waals surface area contributed by atoms with Crippen LogP contribution >= 0.6 is 46.6 Å². The van der Waals surface area contributed by atoms with Gasteiger partial charge in [0.25, 0.3) is 5.91 Å². The number of amides is 3. The van der Waals surface area contributed by atoms with E-state index in [1.54, 1.807) is 12.3 Å². The van der Waals surface area contributed by atoms with E-state index in [0.29, 0.717) is 18.1 Å². The topological polar surface area (TPSA) is 194 Å². The van der Waals surface area contributed by atoms with Crippen LogP contribution in [-0.2, 0) is 30.6 Å². The number of carboxylic acids is 1. The van der Waals surface area contributed by atoms with Crippen molar-refractivity contribution in [2.45, 2.75) is 23.1 Å². The maximum absolute atomic E-state index is 13.1. The number of β-lactam (4-membered cyclic amide) rings is 1. The number of oxime groups is 1. The minimum atomic E-state index is -1.23. The Bertz CT molecular complexity index is 1290. The fourth-order valence-corrected chi connectivity index (χ4v) is 7.26. The number of thiazole rings is 1. The molecule has 0 bridgehead atoms. The first-order valence-electron chi connectivity index (χ1n) is 11.1. The van der Waals surface area contributed by atoms with Gasteiger partial charge in [-0.15, -0.1) is 46.5 Å². The SMILES string of the molecule is C=CCn1nnnc1SCC1(C(=O)O)CS[C@@H]2C(NC(=O)C(=NOCSC)c3csc(NC=O)n3)C(=O)N2C1. The average Bonchev–Trinajstić information content (AvgIpc) is 3.58. The number of tetrazole rings is 1. The fraction of sp³-hybridized carbons (Fsp3) is 0.450. The number of carboxylic acid groups (broad SMARTS) is 1. The molecule has 0 aliphatic carbocycles. The summed E-state index contributed by atoms with van der Waals surface area (Å²) in [5, 5.41) is 32.3. The smallest absolute Gasteiger partial charge is 0.313 e. The highest BCUT2D eigenvalue weighted by molar-refractivity contribution is 8.00. The van der Waals surface area contributed by atoms with Gasteiger partial charge in [0.1, 0.15) is 22.5 Å². The van der Waals surface area contributed by atoms with E-state index in [9.17, 15) is 24.3 Å². The number of rotatable bonds is 14. The monoisotopic (exact) mass is 613 g/mol. The molecule has 3 atom stereocenters. The zero-order valence-corrected chi connectivity index (χ0v) is 23.6. The molecule has 2 aromatic heterocycles. The van der Waals surface area contributed by atoms with E-state index in [1.807, 2.05) is 0 Å². The molecule has 2 saturated heterocycles. The van der Waals surface area contributed by atoms with Gasteiger partial charge in [-0.1, -0.05) is 23.0 Å². The molecule has 2 fully saturated rings. The number of hydrogen-bond acceptors (Lipinski definition) is 14. The number of nitrogens with zero attached hydrogens (tertiary/aromatic N) is 7. The summed E-state index contributed by atoms with van der Waals surface area (Å²) in [4.78, 5) is 60.0. The quantitative estimate of drug-likeness (QED) is 0.0382. The van der Waals surface area contributed by atoms with Gasteiger partial charge in [0, 0.05) is 23.4 Å². The van der Waals surface area contributed by atoms with Crippen molar-refractivity contribution < 1.29 is 29.1 Å². The van der Waals surface area contributed by atoms with Gasteiger partial charge in [-0.05, 0) is 16.7 Å². The normalized spacial score (nSPS) is 22.4. The highest BCUT2D eigenvalue weighted by Gasteiger charge is 2.57.